The quantitative estimate of drug-likeness (QED) is 0.499. The number of rotatable bonds is 0. The molecule has 2 rings (SSSR count). The Morgan fingerprint density at radius 1 is 1.10 bits per heavy atom. The predicted octanol–water partition coefficient (Wildman–Crippen LogP) is 0.164. The molecule has 0 aromatic rings. The molecule has 2 saturated heterocycles. The molecule has 1 spiro atoms. The number of hydrogen-bond acceptors (Lipinski definition) is 2. The van der Waals surface area contributed by atoms with Gasteiger partial charge in [0.05, 0.1) is 0 Å². The normalized spacial score (nSPS) is 31.2. The van der Waals surface area contributed by atoms with Crippen molar-refractivity contribution >= 4 is 0 Å². The summed E-state index contributed by atoms with van der Waals surface area (Å²) in [6.07, 6.45) is 5.14. The molecule has 2 heteroatoms. The van der Waals surface area contributed by atoms with Crippen LogP contribution in [0.2, 0.25) is 0 Å². The first-order chi connectivity index (χ1) is 4.91. The van der Waals surface area contributed by atoms with Gasteiger partial charge < -0.3 is 10.6 Å². The van der Waals surface area contributed by atoms with Crippen molar-refractivity contribution in [3.63, 3.8) is 0 Å². The first-order valence-electron chi connectivity index (χ1n) is 4.17. The molecule has 0 aromatic carbocycles. The van der Waals surface area contributed by atoms with E-state index < -0.39 is 0 Å². The average molecular weight is 139 g/mol. The average Bonchev–Trinajstić information content (AvgIpc) is 2.39. The number of piperidine rings is 1. The molecule has 10 heavy (non-hydrogen) atoms. The molecule has 2 N–H and O–H groups in total. The highest BCUT2D eigenvalue weighted by Gasteiger charge is 2.34. The smallest absolute Gasteiger partial charge is 0.00120 e. The van der Waals surface area contributed by atoms with E-state index in [1.807, 2.05) is 0 Å². The molecule has 1 atom stereocenters. The van der Waals surface area contributed by atoms with Gasteiger partial charge >= 0.3 is 0 Å². The van der Waals surface area contributed by atoms with Gasteiger partial charge in [0.2, 0.25) is 0 Å². The van der Waals surface area contributed by atoms with Crippen molar-refractivity contribution in [1.29, 1.82) is 0 Å². The largest absolute Gasteiger partial charge is 0.316 e. The first kappa shape index (κ1) is 6.62. The molecule has 57 valence electrons. The van der Waals surface area contributed by atoms with E-state index in [0.29, 0.717) is 5.41 Å². The standard InChI is InChI=1S/C8H15N2/c1-4-9-5-2-8(1)3-6-10-7-8/h1,9-10H,2-7H2. The summed E-state index contributed by atoms with van der Waals surface area (Å²) in [6.45, 7) is 4.76. The van der Waals surface area contributed by atoms with Gasteiger partial charge in [-0.05, 0) is 44.3 Å². The lowest BCUT2D eigenvalue weighted by molar-refractivity contribution is 0.307. The molecule has 2 aliphatic rings. The predicted molar refractivity (Wildman–Crippen MR) is 41.7 cm³/mol. The van der Waals surface area contributed by atoms with Crippen LogP contribution >= 0.6 is 0 Å². The number of hydrogen-bond donors (Lipinski definition) is 2. The molecule has 0 bridgehead atoms. The first-order valence-corrected chi connectivity index (χ1v) is 4.17. The molecule has 2 aliphatic heterocycles. The summed E-state index contributed by atoms with van der Waals surface area (Å²) in [4.78, 5) is 0. The van der Waals surface area contributed by atoms with Crippen molar-refractivity contribution in [3.05, 3.63) is 6.42 Å². The van der Waals surface area contributed by atoms with E-state index in [4.69, 9.17) is 0 Å². The van der Waals surface area contributed by atoms with Gasteiger partial charge in [0.15, 0.2) is 0 Å². The third-order valence-electron chi connectivity index (χ3n) is 2.76. The van der Waals surface area contributed by atoms with Crippen LogP contribution < -0.4 is 10.6 Å². The summed E-state index contributed by atoms with van der Waals surface area (Å²) in [5.74, 6) is 0. The Kier molecular flexibility index (Phi) is 1.66. The summed E-state index contributed by atoms with van der Waals surface area (Å²) in [6, 6.07) is 0. The van der Waals surface area contributed by atoms with Gasteiger partial charge in [-0.1, -0.05) is 0 Å². The SMILES string of the molecule is [CH]1CNCCC12CCNC2. The lowest BCUT2D eigenvalue weighted by Crippen LogP contribution is -2.38. The van der Waals surface area contributed by atoms with Crippen LogP contribution in [-0.2, 0) is 0 Å². The van der Waals surface area contributed by atoms with Gasteiger partial charge in [0, 0.05) is 6.54 Å². The van der Waals surface area contributed by atoms with Gasteiger partial charge in [-0.25, -0.2) is 0 Å². The maximum Gasteiger partial charge on any atom is 0.00120 e. The second-order valence-corrected chi connectivity index (χ2v) is 3.45. The van der Waals surface area contributed by atoms with Crippen LogP contribution in [0.4, 0.5) is 0 Å². The fourth-order valence-electron chi connectivity index (χ4n) is 1.98. The van der Waals surface area contributed by atoms with Crippen molar-refractivity contribution in [3.8, 4) is 0 Å². The molecular formula is C8H15N2. The monoisotopic (exact) mass is 139 g/mol. The van der Waals surface area contributed by atoms with Crippen molar-refractivity contribution in [1.82, 2.24) is 10.6 Å². The van der Waals surface area contributed by atoms with E-state index in [1.54, 1.807) is 0 Å². The second-order valence-electron chi connectivity index (χ2n) is 3.45. The Morgan fingerprint density at radius 2 is 1.90 bits per heavy atom. The Morgan fingerprint density at radius 3 is 2.40 bits per heavy atom. The van der Waals surface area contributed by atoms with E-state index in [2.05, 4.69) is 17.1 Å². The van der Waals surface area contributed by atoms with Crippen LogP contribution in [0, 0.1) is 11.8 Å². The fourth-order valence-corrected chi connectivity index (χ4v) is 1.98. The lowest BCUT2D eigenvalue weighted by Gasteiger charge is -2.32. The fraction of sp³-hybridized carbons (Fsp3) is 0.875. The molecule has 0 saturated carbocycles. The van der Waals surface area contributed by atoms with E-state index in [0.717, 1.165) is 6.54 Å². The van der Waals surface area contributed by atoms with Crippen molar-refractivity contribution < 1.29 is 0 Å². The molecule has 1 radical (unpaired) electrons. The zero-order valence-electron chi connectivity index (χ0n) is 6.32. The van der Waals surface area contributed by atoms with Crippen molar-refractivity contribution in [2.45, 2.75) is 12.8 Å². The van der Waals surface area contributed by atoms with E-state index in [-0.39, 0.29) is 0 Å². The van der Waals surface area contributed by atoms with Gasteiger partial charge in [-0.2, -0.15) is 0 Å². The minimum absolute atomic E-state index is 0.575. The highest BCUT2D eigenvalue weighted by atomic mass is 15.0. The highest BCUT2D eigenvalue weighted by Crippen LogP contribution is 2.33. The zero-order chi connectivity index (χ0) is 6.86. The van der Waals surface area contributed by atoms with E-state index in [9.17, 15) is 0 Å². The molecule has 0 aliphatic carbocycles. The van der Waals surface area contributed by atoms with Gasteiger partial charge in [-0.3, -0.25) is 0 Å². The second kappa shape index (κ2) is 2.51. The van der Waals surface area contributed by atoms with Gasteiger partial charge in [0.1, 0.15) is 0 Å². The zero-order valence-corrected chi connectivity index (χ0v) is 6.32. The molecule has 1 unspecified atom stereocenters. The van der Waals surface area contributed by atoms with Crippen LogP contribution in [0.1, 0.15) is 12.8 Å². The summed E-state index contributed by atoms with van der Waals surface area (Å²) >= 11 is 0. The van der Waals surface area contributed by atoms with Crippen molar-refractivity contribution in [2.24, 2.45) is 5.41 Å². The van der Waals surface area contributed by atoms with Crippen molar-refractivity contribution in [2.75, 3.05) is 26.2 Å². The molecule has 2 nitrogen and oxygen atoms in total. The van der Waals surface area contributed by atoms with Crippen LogP contribution in [0.25, 0.3) is 0 Å². The molecule has 0 aromatic heterocycles. The topological polar surface area (TPSA) is 24.1 Å². The lowest BCUT2D eigenvalue weighted by atomic mass is 9.78. The maximum atomic E-state index is 3.42. The third kappa shape index (κ3) is 1.06. The van der Waals surface area contributed by atoms with E-state index in [1.165, 1.54) is 32.5 Å². The molecule has 2 fully saturated rings. The Balaban J connectivity index is 1.98. The Labute approximate surface area is 62.4 Å². The highest BCUT2D eigenvalue weighted by molar-refractivity contribution is 5.02. The summed E-state index contributed by atoms with van der Waals surface area (Å²) in [5, 5.41) is 6.78. The summed E-state index contributed by atoms with van der Waals surface area (Å²) in [7, 11) is 0. The molecule has 0 amide bonds. The minimum Gasteiger partial charge on any atom is -0.316 e. The van der Waals surface area contributed by atoms with E-state index >= 15 is 0 Å². The van der Waals surface area contributed by atoms with Crippen LogP contribution in [-0.4, -0.2) is 26.2 Å². The van der Waals surface area contributed by atoms with Gasteiger partial charge in [-0.15, -0.1) is 0 Å². The Bertz CT molecular complexity index is 108. The maximum absolute atomic E-state index is 3.42. The summed E-state index contributed by atoms with van der Waals surface area (Å²) in [5.41, 5.74) is 0.575. The van der Waals surface area contributed by atoms with Crippen LogP contribution in [0.5, 0.6) is 0 Å². The van der Waals surface area contributed by atoms with Gasteiger partial charge in [0.25, 0.3) is 0 Å². The Hall–Kier alpha value is -0.0800. The summed E-state index contributed by atoms with van der Waals surface area (Å²) < 4.78 is 0. The molecular weight excluding hydrogens is 124 g/mol. The molecule has 2 heterocycles. The minimum atomic E-state index is 0.575. The van der Waals surface area contributed by atoms with Crippen LogP contribution in [0.15, 0.2) is 0 Å². The number of nitrogens with one attached hydrogen (secondary N) is 2. The third-order valence-corrected chi connectivity index (χ3v) is 2.76. The van der Waals surface area contributed by atoms with Crippen LogP contribution in [0.3, 0.4) is 0 Å².